The summed E-state index contributed by atoms with van der Waals surface area (Å²) in [5.41, 5.74) is 3.62. The molecule has 0 saturated heterocycles. The summed E-state index contributed by atoms with van der Waals surface area (Å²) in [5, 5.41) is 23.4. The Kier molecular flexibility index (Phi) is 6.64. The van der Waals surface area contributed by atoms with Crippen molar-refractivity contribution in [2.24, 2.45) is 0 Å². The Bertz CT molecular complexity index is 230. The largest absolute Gasteiger partial charge is 0.762 e. The van der Waals surface area contributed by atoms with Gasteiger partial charge in [0.1, 0.15) is 17.7 Å². The average molecular weight is 164 g/mol. The second-order valence-corrected chi connectivity index (χ2v) is 3.27. The van der Waals surface area contributed by atoms with Crippen LogP contribution in [0.1, 0.15) is 20.8 Å². The Morgan fingerprint density at radius 3 is 1.50 bits per heavy atom. The molecule has 0 aromatic carbocycles. The van der Waals surface area contributed by atoms with Crippen LogP contribution < -0.4 is 5.73 Å². The molecular formula is C8H12N4. The van der Waals surface area contributed by atoms with Gasteiger partial charge in [-0.05, 0) is 20.8 Å². The molecule has 0 aliphatic heterocycles. The van der Waals surface area contributed by atoms with E-state index in [1.165, 1.54) is 18.0 Å². The van der Waals surface area contributed by atoms with Crippen molar-refractivity contribution in [2.45, 2.75) is 26.3 Å². The van der Waals surface area contributed by atoms with Gasteiger partial charge in [-0.3, -0.25) is 0 Å². The standard InChI is InChI=1S/C4N3.C4H11N/c5-1-4(2-6)3-7;1-4(2,3)5/h;5H2,1-3H3/q-1;/p+1. The van der Waals surface area contributed by atoms with Crippen LogP contribution in [0.5, 0.6) is 0 Å². The first-order valence-corrected chi connectivity index (χ1v) is 3.27. The fourth-order valence-corrected chi connectivity index (χ4v) is 0.0750. The molecule has 3 N–H and O–H groups in total. The van der Waals surface area contributed by atoms with E-state index in [0.717, 1.165) is 0 Å². The van der Waals surface area contributed by atoms with Gasteiger partial charge >= 0.3 is 0 Å². The van der Waals surface area contributed by atoms with Crippen LogP contribution in [0.3, 0.4) is 0 Å². The summed E-state index contributed by atoms with van der Waals surface area (Å²) in [6.07, 6.45) is 0. The van der Waals surface area contributed by atoms with Crippen LogP contribution in [0, 0.1) is 22.7 Å². The van der Waals surface area contributed by atoms with E-state index < -0.39 is 5.57 Å². The highest BCUT2D eigenvalue weighted by molar-refractivity contribution is 5.71. The zero-order valence-corrected chi connectivity index (χ0v) is 7.55. The Morgan fingerprint density at radius 1 is 1.25 bits per heavy atom. The van der Waals surface area contributed by atoms with E-state index in [1.807, 2.05) is 0 Å². The maximum absolute atomic E-state index is 7.79. The molecule has 0 unspecified atom stereocenters. The zero-order valence-electron chi connectivity index (χ0n) is 7.55. The molecule has 0 aliphatic rings. The molecule has 4 nitrogen and oxygen atoms in total. The van der Waals surface area contributed by atoms with Crippen molar-refractivity contribution in [3.8, 4) is 12.1 Å². The second kappa shape index (κ2) is 6.12. The van der Waals surface area contributed by atoms with E-state index >= 15 is 0 Å². The summed E-state index contributed by atoms with van der Waals surface area (Å²) in [6, 6.07) is 2.79. The van der Waals surface area contributed by atoms with E-state index in [9.17, 15) is 0 Å². The number of allylic oxidation sites excluding steroid dienone is 1. The molecule has 0 fully saturated rings. The van der Waals surface area contributed by atoms with Crippen molar-refractivity contribution in [1.29, 1.82) is 10.5 Å². The monoisotopic (exact) mass is 164 g/mol. The molecule has 0 radical (unpaired) electrons. The van der Waals surface area contributed by atoms with E-state index in [4.69, 9.17) is 15.9 Å². The first-order valence-electron chi connectivity index (χ1n) is 3.27. The summed E-state index contributed by atoms with van der Waals surface area (Å²) in [6.45, 7) is 6.23. The Morgan fingerprint density at radius 2 is 1.50 bits per heavy atom. The topological polar surface area (TPSA) is 97.5 Å². The van der Waals surface area contributed by atoms with Crippen molar-refractivity contribution in [2.75, 3.05) is 0 Å². The lowest BCUT2D eigenvalue weighted by molar-refractivity contribution is -0.458. The third-order valence-corrected chi connectivity index (χ3v) is 0.335. The highest BCUT2D eigenvalue weighted by atomic mass is 14.7. The molecule has 0 spiro atoms. The molecule has 0 atom stereocenters. The van der Waals surface area contributed by atoms with Gasteiger partial charge in [0, 0.05) is 0 Å². The molecule has 0 amide bonds. The zero-order chi connectivity index (χ0) is 10.2. The van der Waals surface area contributed by atoms with Crippen molar-refractivity contribution in [3.63, 3.8) is 0 Å². The molecule has 4 heteroatoms. The van der Waals surface area contributed by atoms with Crippen LogP contribution in [0.4, 0.5) is 0 Å². The molecule has 0 rings (SSSR count). The normalized spacial score (nSPS) is 7.83. The molecular weight excluding hydrogens is 152 g/mol. The minimum Gasteiger partial charge on any atom is -0.762 e. The SMILES string of the molecule is CC(C)(C)[NH3+].N#CC(=C=[N-])C#N. The smallest absolute Gasteiger partial charge is 0.148 e. The Labute approximate surface area is 72.4 Å². The Balaban J connectivity index is 0. The first kappa shape index (κ1) is 13.0. The summed E-state index contributed by atoms with van der Waals surface area (Å²) < 4.78 is 0. The van der Waals surface area contributed by atoms with Crippen LogP contribution in [-0.4, -0.2) is 11.4 Å². The van der Waals surface area contributed by atoms with Crippen molar-refractivity contribution in [3.05, 3.63) is 11.0 Å². The molecule has 0 aliphatic carbocycles. The predicted octanol–water partition coefficient (Wildman–Crippen LogP) is 0.226. The lowest BCUT2D eigenvalue weighted by atomic mass is 10.1. The molecule has 0 aromatic heterocycles. The number of rotatable bonds is 0. The number of quaternary nitrogens is 1. The van der Waals surface area contributed by atoms with Gasteiger partial charge in [0.25, 0.3) is 0 Å². The first-order chi connectivity index (χ1) is 5.35. The third-order valence-electron chi connectivity index (χ3n) is 0.335. The minimum absolute atomic E-state index is 0.250. The maximum atomic E-state index is 7.79. The van der Waals surface area contributed by atoms with Gasteiger partial charge in [0.2, 0.25) is 0 Å². The third kappa shape index (κ3) is 23.8. The van der Waals surface area contributed by atoms with Crippen LogP contribution in [0.2, 0.25) is 0 Å². The van der Waals surface area contributed by atoms with E-state index in [1.54, 1.807) is 0 Å². The molecule has 0 heterocycles. The Hall–Kier alpha value is -1.61. The minimum atomic E-state index is -0.403. The van der Waals surface area contributed by atoms with E-state index in [2.05, 4.69) is 26.5 Å². The molecule has 12 heavy (non-hydrogen) atoms. The summed E-state index contributed by atoms with van der Waals surface area (Å²) in [7, 11) is 0. The molecule has 0 saturated carbocycles. The fourth-order valence-electron chi connectivity index (χ4n) is 0.0750. The average Bonchev–Trinajstić information content (AvgIpc) is 1.88. The number of hydrogen-bond acceptors (Lipinski definition) is 2. The summed E-state index contributed by atoms with van der Waals surface area (Å²) in [4.78, 5) is 0. The van der Waals surface area contributed by atoms with Gasteiger partial charge in [0.05, 0.1) is 5.54 Å². The summed E-state index contributed by atoms with van der Waals surface area (Å²) in [5.74, 6) is 1.40. The highest BCUT2D eigenvalue weighted by Gasteiger charge is 2.00. The number of hydrogen-bond donors (Lipinski definition) is 1. The second-order valence-electron chi connectivity index (χ2n) is 3.27. The van der Waals surface area contributed by atoms with Crippen molar-refractivity contribution < 1.29 is 5.73 Å². The predicted molar refractivity (Wildman–Crippen MR) is 45.7 cm³/mol. The number of nitriles is 2. The van der Waals surface area contributed by atoms with Crippen LogP contribution in [0.25, 0.3) is 5.41 Å². The van der Waals surface area contributed by atoms with Gasteiger partial charge in [-0.1, -0.05) is 0 Å². The highest BCUT2D eigenvalue weighted by Crippen LogP contribution is 1.84. The van der Waals surface area contributed by atoms with Crippen LogP contribution in [-0.2, 0) is 0 Å². The lowest BCUT2D eigenvalue weighted by Gasteiger charge is -2.01. The quantitative estimate of drug-likeness (QED) is 0.409. The van der Waals surface area contributed by atoms with Gasteiger partial charge in [-0.25, -0.2) is 5.87 Å². The van der Waals surface area contributed by atoms with E-state index in [0.29, 0.717) is 0 Å². The molecule has 0 bridgehead atoms. The van der Waals surface area contributed by atoms with Gasteiger partial charge in [-0.15, -0.1) is 0 Å². The van der Waals surface area contributed by atoms with Gasteiger partial charge in [-0.2, -0.15) is 10.5 Å². The van der Waals surface area contributed by atoms with E-state index in [-0.39, 0.29) is 5.54 Å². The summed E-state index contributed by atoms with van der Waals surface area (Å²) >= 11 is 0. The fraction of sp³-hybridized carbons (Fsp3) is 0.500. The number of nitrogens with zero attached hydrogens (tertiary/aromatic N) is 3. The molecule has 0 aromatic rings. The maximum Gasteiger partial charge on any atom is 0.148 e. The van der Waals surface area contributed by atoms with Crippen LogP contribution in [0.15, 0.2) is 5.57 Å². The lowest BCUT2D eigenvalue weighted by Crippen LogP contribution is -2.67. The van der Waals surface area contributed by atoms with Crippen LogP contribution >= 0.6 is 0 Å². The van der Waals surface area contributed by atoms with Crippen molar-refractivity contribution >= 4 is 5.87 Å². The molecule has 64 valence electrons. The van der Waals surface area contributed by atoms with Gasteiger partial charge in [0.15, 0.2) is 0 Å². The van der Waals surface area contributed by atoms with Gasteiger partial charge < -0.3 is 11.1 Å². The van der Waals surface area contributed by atoms with Crippen molar-refractivity contribution in [1.82, 2.24) is 0 Å².